The van der Waals surface area contributed by atoms with Gasteiger partial charge in [-0.3, -0.25) is 4.79 Å². The maximum absolute atomic E-state index is 12.0. The van der Waals surface area contributed by atoms with Crippen molar-refractivity contribution in [2.24, 2.45) is 11.3 Å². The molecule has 0 aromatic carbocycles. The van der Waals surface area contributed by atoms with Crippen LogP contribution in [0.4, 0.5) is 0 Å². The van der Waals surface area contributed by atoms with E-state index in [0.717, 1.165) is 5.01 Å². The first-order valence-corrected chi connectivity index (χ1v) is 7.04. The number of aromatic nitrogens is 1. The number of rotatable bonds is 4. The third kappa shape index (κ3) is 2.39. The first-order chi connectivity index (χ1) is 8.57. The summed E-state index contributed by atoms with van der Waals surface area (Å²) in [7, 11) is 0. The molecular formula is C13H17N3OS. The summed E-state index contributed by atoms with van der Waals surface area (Å²) >= 11 is 1.59. The largest absolute Gasteiger partial charge is 0.354 e. The molecule has 5 heteroatoms. The number of hydrogen-bond acceptors (Lipinski definition) is 4. The van der Waals surface area contributed by atoms with Gasteiger partial charge >= 0.3 is 0 Å². The van der Waals surface area contributed by atoms with Gasteiger partial charge in [0, 0.05) is 24.0 Å². The second kappa shape index (κ2) is 5.07. The van der Waals surface area contributed by atoms with E-state index >= 15 is 0 Å². The lowest BCUT2D eigenvalue weighted by atomic mass is 9.63. The quantitative estimate of drug-likeness (QED) is 0.906. The molecule has 1 amide bonds. The van der Waals surface area contributed by atoms with Crippen molar-refractivity contribution < 1.29 is 4.79 Å². The van der Waals surface area contributed by atoms with Crippen molar-refractivity contribution in [3.63, 3.8) is 0 Å². The molecule has 1 aromatic rings. The fraction of sp³-hybridized carbons (Fsp3) is 0.615. The Labute approximate surface area is 111 Å². The van der Waals surface area contributed by atoms with Crippen LogP contribution in [0.3, 0.4) is 0 Å². The highest BCUT2D eigenvalue weighted by molar-refractivity contribution is 7.09. The Bertz CT molecular complexity index is 457. The van der Waals surface area contributed by atoms with E-state index in [1.165, 1.54) is 0 Å². The number of nitrogens with one attached hydrogen (secondary N) is 1. The van der Waals surface area contributed by atoms with Crippen LogP contribution in [0.15, 0.2) is 11.6 Å². The minimum absolute atomic E-state index is 0.119. The van der Waals surface area contributed by atoms with E-state index in [-0.39, 0.29) is 11.8 Å². The van der Waals surface area contributed by atoms with Gasteiger partial charge in [-0.25, -0.2) is 4.98 Å². The third-order valence-corrected chi connectivity index (χ3v) is 4.49. The topological polar surface area (TPSA) is 65.8 Å². The van der Waals surface area contributed by atoms with E-state index < -0.39 is 5.41 Å². The molecule has 1 aliphatic rings. The molecule has 0 bridgehead atoms. The lowest BCUT2D eigenvalue weighted by Gasteiger charge is -2.39. The van der Waals surface area contributed by atoms with Gasteiger partial charge in [-0.05, 0) is 18.8 Å². The summed E-state index contributed by atoms with van der Waals surface area (Å²) in [5.41, 5.74) is -0.776. The van der Waals surface area contributed by atoms with Crippen molar-refractivity contribution in [2.75, 3.05) is 6.54 Å². The van der Waals surface area contributed by atoms with Gasteiger partial charge in [-0.2, -0.15) is 5.26 Å². The molecule has 18 heavy (non-hydrogen) atoms. The van der Waals surface area contributed by atoms with E-state index in [1.54, 1.807) is 17.5 Å². The first kappa shape index (κ1) is 13.0. The number of carbonyl (C=O) groups excluding carboxylic acids is 1. The second-order valence-corrected chi connectivity index (χ2v) is 6.11. The van der Waals surface area contributed by atoms with Crippen LogP contribution in [0.25, 0.3) is 0 Å². The minimum atomic E-state index is -0.776. The van der Waals surface area contributed by atoms with Gasteiger partial charge in [-0.15, -0.1) is 11.3 Å². The van der Waals surface area contributed by atoms with Crippen molar-refractivity contribution in [2.45, 2.75) is 32.6 Å². The molecule has 1 aliphatic carbocycles. The highest BCUT2D eigenvalue weighted by Gasteiger charge is 2.48. The Morgan fingerprint density at radius 2 is 2.50 bits per heavy atom. The average Bonchev–Trinajstić information content (AvgIpc) is 2.85. The Kier molecular flexibility index (Phi) is 3.67. The highest BCUT2D eigenvalue weighted by Crippen LogP contribution is 2.45. The monoisotopic (exact) mass is 263 g/mol. The predicted octanol–water partition coefficient (Wildman–Crippen LogP) is 2.30. The Morgan fingerprint density at radius 1 is 1.78 bits per heavy atom. The number of hydrogen-bond donors (Lipinski definition) is 1. The molecule has 0 aliphatic heterocycles. The van der Waals surface area contributed by atoms with Gasteiger partial charge in [0.1, 0.15) is 5.41 Å². The third-order valence-electron chi connectivity index (χ3n) is 3.48. The Morgan fingerprint density at radius 3 is 3.00 bits per heavy atom. The second-order valence-electron chi connectivity index (χ2n) is 5.19. The zero-order chi connectivity index (χ0) is 13.2. The fourth-order valence-corrected chi connectivity index (χ4v) is 3.14. The van der Waals surface area contributed by atoms with Crippen LogP contribution in [0.2, 0.25) is 0 Å². The Hall–Kier alpha value is -1.41. The summed E-state index contributed by atoms with van der Waals surface area (Å²) in [6.07, 6.45) is 3.13. The van der Waals surface area contributed by atoms with Crippen LogP contribution in [-0.2, 0) is 4.79 Å². The summed E-state index contributed by atoms with van der Waals surface area (Å²) in [5, 5.41) is 15.0. The lowest BCUT2D eigenvalue weighted by molar-refractivity contribution is -0.134. The molecule has 1 unspecified atom stereocenters. The van der Waals surface area contributed by atoms with Crippen molar-refractivity contribution in [3.05, 3.63) is 16.6 Å². The molecule has 4 nitrogen and oxygen atoms in total. The van der Waals surface area contributed by atoms with Crippen molar-refractivity contribution in [1.29, 1.82) is 5.26 Å². The zero-order valence-electron chi connectivity index (χ0n) is 10.6. The lowest BCUT2D eigenvalue weighted by Crippen LogP contribution is -2.48. The molecule has 1 saturated carbocycles. The van der Waals surface area contributed by atoms with Crippen LogP contribution < -0.4 is 5.32 Å². The number of nitriles is 1. The van der Waals surface area contributed by atoms with Gasteiger partial charge in [0.05, 0.1) is 11.1 Å². The van der Waals surface area contributed by atoms with Crippen molar-refractivity contribution in [3.8, 4) is 6.07 Å². The molecule has 1 atom stereocenters. The van der Waals surface area contributed by atoms with Crippen LogP contribution in [-0.4, -0.2) is 17.4 Å². The molecule has 1 N–H and O–H groups in total. The highest BCUT2D eigenvalue weighted by atomic mass is 32.1. The van der Waals surface area contributed by atoms with E-state index in [4.69, 9.17) is 5.26 Å². The van der Waals surface area contributed by atoms with Crippen LogP contribution in [0.1, 0.15) is 37.6 Å². The van der Waals surface area contributed by atoms with Gasteiger partial charge in [0.2, 0.25) is 5.91 Å². The molecule has 1 aromatic heterocycles. The number of amides is 1. The molecule has 1 fully saturated rings. The van der Waals surface area contributed by atoms with E-state index in [2.05, 4.69) is 23.3 Å². The van der Waals surface area contributed by atoms with Gasteiger partial charge in [-0.1, -0.05) is 13.8 Å². The number of thiazole rings is 1. The standard InChI is InChI=1S/C13H17N3OS/c1-9-5-13(6-9,8-14)12(17)16-7-10(2)11-15-3-4-18-11/h3-4,9-10H,5-7H2,1-2H3,(H,16,17). The average molecular weight is 263 g/mol. The first-order valence-electron chi connectivity index (χ1n) is 6.16. The van der Waals surface area contributed by atoms with E-state index in [9.17, 15) is 4.79 Å². The summed E-state index contributed by atoms with van der Waals surface area (Å²) in [6.45, 7) is 4.65. The Balaban J connectivity index is 1.87. The number of carbonyl (C=O) groups is 1. The number of nitrogens with zero attached hydrogens (tertiary/aromatic N) is 2. The summed E-state index contributed by atoms with van der Waals surface area (Å²) < 4.78 is 0. The summed E-state index contributed by atoms with van der Waals surface area (Å²) in [6, 6.07) is 2.18. The van der Waals surface area contributed by atoms with Crippen LogP contribution in [0.5, 0.6) is 0 Å². The maximum Gasteiger partial charge on any atom is 0.240 e. The maximum atomic E-state index is 12.0. The fourth-order valence-electron chi connectivity index (χ4n) is 2.44. The molecule has 0 saturated heterocycles. The zero-order valence-corrected chi connectivity index (χ0v) is 11.5. The molecule has 1 heterocycles. The smallest absolute Gasteiger partial charge is 0.240 e. The van der Waals surface area contributed by atoms with Crippen LogP contribution >= 0.6 is 11.3 Å². The van der Waals surface area contributed by atoms with Crippen molar-refractivity contribution >= 4 is 17.2 Å². The van der Waals surface area contributed by atoms with Gasteiger partial charge in [0.15, 0.2) is 0 Å². The summed E-state index contributed by atoms with van der Waals surface area (Å²) in [5.74, 6) is 0.556. The SMILES string of the molecule is CC1CC(C#N)(C(=O)NCC(C)c2nccs2)C1. The van der Waals surface area contributed by atoms with Crippen LogP contribution in [0, 0.1) is 22.7 Å². The predicted molar refractivity (Wildman–Crippen MR) is 70.0 cm³/mol. The van der Waals surface area contributed by atoms with E-state index in [1.807, 2.05) is 12.3 Å². The molecular weight excluding hydrogens is 246 g/mol. The summed E-state index contributed by atoms with van der Waals surface area (Å²) in [4.78, 5) is 16.3. The molecule has 0 radical (unpaired) electrons. The molecule has 2 rings (SSSR count). The normalized spacial score (nSPS) is 27.9. The molecule has 0 spiro atoms. The van der Waals surface area contributed by atoms with E-state index in [0.29, 0.717) is 25.3 Å². The molecule has 96 valence electrons. The minimum Gasteiger partial charge on any atom is -0.354 e. The van der Waals surface area contributed by atoms with Gasteiger partial charge < -0.3 is 5.32 Å². The van der Waals surface area contributed by atoms with Crippen molar-refractivity contribution in [1.82, 2.24) is 10.3 Å². The van der Waals surface area contributed by atoms with Gasteiger partial charge in [0.25, 0.3) is 0 Å².